The lowest BCUT2D eigenvalue weighted by Gasteiger charge is -2.30. The highest BCUT2D eigenvalue weighted by Gasteiger charge is 2.28. The van der Waals surface area contributed by atoms with Crippen molar-refractivity contribution in [3.8, 4) is 11.8 Å². The topological polar surface area (TPSA) is 53.3 Å². The van der Waals surface area contributed by atoms with E-state index in [-0.39, 0.29) is 5.91 Å². The number of fused-ring (bicyclic) bond motifs is 1. The van der Waals surface area contributed by atoms with E-state index >= 15 is 0 Å². The molecule has 1 aliphatic rings. The molecule has 1 aromatic carbocycles. The van der Waals surface area contributed by atoms with Crippen LogP contribution in [0.1, 0.15) is 12.5 Å². The van der Waals surface area contributed by atoms with E-state index in [4.69, 9.17) is 10.00 Å². The zero-order chi connectivity index (χ0) is 11.7. The van der Waals surface area contributed by atoms with Gasteiger partial charge in [0.15, 0.2) is 6.10 Å². The molecular weight excluding hydrogens is 204 g/mol. The molecule has 1 aromatic rings. The smallest absolute Gasteiger partial charge is 0.267 e. The maximum absolute atomic E-state index is 11.6. The highest BCUT2D eigenvalue weighted by Crippen LogP contribution is 2.33. The number of ether oxygens (including phenoxy) is 1. The number of nitriles is 1. The third kappa shape index (κ3) is 1.61. The minimum atomic E-state index is -0.463. The van der Waals surface area contributed by atoms with Crippen molar-refractivity contribution in [1.82, 2.24) is 0 Å². The summed E-state index contributed by atoms with van der Waals surface area (Å²) in [6, 6.07) is 7.55. The average molecular weight is 216 g/mol. The summed E-state index contributed by atoms with van der Waals surface area (Å²) < 4.78 is 5.50. The minimum absolute atomic E-state index is 0.0551. The number of anilines is 1. The van der Waals surface area contributed by atoms with E-state index in [2.05, 4.69) is 6.07 Å². The maximum Gasteiger partial charge on any atom is 0.267 e. The van der Waals surface area contributed by atoms with Crippen LogP contribution in [-0.4, -0.2) is 19.1 Å². The van der Waals surface area contributed by atoms with Crippen molar-refractivity contribution in [2.75, 3.05) is 11.9 Å². The lowest BCUT2D eigenvalue weighted by atomic mass is 10.1. The largest absolute Gasteiger partial charge is 0.479 e. The van der Waals surface area contributed by atoms with Crippen LogP contribution in [0.3, 0.4) is 0 Å². The Kier molecular flexibility index (Phi) is 2.53. The van der Waals surface area contributed by atoms with Gasteiger partial charge in [0.05, 0.1) is 18.2 Å². The van der Waals surface area contributed by atoms with Crippen molar-refractivity contribution in [2.24, 2.45) is 0 Å². The molecule has 1 heterocycles. The van der Waals surface area contributed by atoms with Gasteiger partial charge in [0.25, 0.3) is 5.91 Å². The van der Waals surface area contributed by atoms with Gasteiger partial charge >= 0.3 is 0 Å². The molecule has 16 heavy (non-hydrogen) atoms. The van der Waals surface area contributed by atoms with Gasteiger partial charge in [-0.05, 0) is 24.6 Å². The second-order valence-electron chi connectivity index (χ2n) is 3.79. The third-order valence-electron chi connectivity index (χ3n) is 2.65. The lowest BCUT2D eigenvalue weighted by Crippen LogP contribution is -2.41. The predicted octanol–water partition coefficient (Wildman–Crippen LogP) is 1.50. The van der Waals surface area contributed by atoms with Gasteiger partial charge in [-0.25, -0.2) is 0 Å². The van der Waals surface area contributed by atoms with Crippen molar-refractivity contribution < 1.29 is 9.53 Å². The molecular formula is C12H12N2O2. The summed E-state index contributed by atoms with van der Waals surface area (Å²) in [7, 11) is 1.73. The Bertz CT molecular complexity index is 476. The van der Waals surface area contributed by atoms with Crippen LogP contribution in [0, 0.1) is 11.3 Å². The van der Waals surface area contributed by atoms with Gasteiger partial charge in [0.2, 0.25) is 0 Å². The fourth-order valence-electron chi connectivity index (χ4n) is 1.76. The first-order valence-corrected chi connectivity index (χ1v) is 5.07. The molecule has 0 N–H and O–H groups in total. The van der Waals surface area contributed by atoms with E-state index in [0.717, 1.165) is 11.3 Å². The Morgan fingerprint density at radius 2 is 2.31 bits per heavy atom. The second-order valence-corrected chi connectivity index (χ2v) is 3.79. The molecule has 0 fully saturated rings. The number of carbonyl (C=O) groups is 1. The summed E-state index contributed by atoms with van der Waals surface area (Å²) in [6.07, 6.45) is -0.113. The van der Waals surface area contributed by atoms with Crippen molar-refractivity contribution >= 4 is 11.6 Å². The Balaban J connectivity index is 2.42. The second kappa shape index (κ2) is 3.86. The third-order valence-corrected chi connectivity index (χ3v) is 2.65. The van der Waals surface area contributed by atoms with E-state index in [1.54, 1.807) is 18.9 Å². The Hall–Kier alpha value is -2.02. The predicted molar refractivity (Wildman–Crippen MR) is 59.3 cm³/mol. The van der Waals surface area contributed by atoms with Gasteiger partial charge in [-0.15, -0.1) is 0 Å². The standard InChI is InChI=1S/C12H12N2O2/c1-8-12(15)14(2)10-4-3-9(5-6-13)7-11(10)16-8/h3-4,7-8H,5H2,1-2H3. The molecule has 1 unspecified atom stereocenters. The number of likely N-dealkylation sites (N-methyl/N-ethyl adjacent to an activating group) is 1. The van der Waals surface area contributed by atoms with Crippen molar-refractivity contribution in [3.63, 3.8) is 0 Å². The summed E-state index contributed by atoms with van der Waals surface area (Å²) in [5, 5.41) is 8.61. The van der Waals surface area contributed by atoms with Crippen LogP contribution >= 0.6 is 0 Å². The van der Waals surface area contributed by atoms with Crippen molar-refractivity contribution in [1.29, 1.82) is 5.26 Å². The van der Waals surface area contributed by atoms with Crippen LogP contribution in [-0.2, 0) is 11.2 Å². The zero-order valence-electron chi connectivity index (χ0n) is 9.23. The summed E-state index contributed by atoms with van der Waals surface area (Å²) in [4.78, 5) is 13.2. The molecule has 4 nitrogen and oxygen atoms in total. The molecule has 1 aliphatic heterocycles. The fourth-order valence-corrected chi connectivity index (χ4v) is 1.76. The minimum Gasteiger partial charge on any atom is -0.479 e. The number of rotatable bonds is 1. The van der Waals surface area contributed by atoms with Gasteiger partial charge in [0.1, 0.15) is 5.75 Å². The number of nitrogens with zero attached hydrogens (tertiary/aromatic N) is 2. The molecule has 4 heteroatoms. The molecule has 0 radical (unpaired) electrons. The van der Waals surface area contributed by atoms with E-state index in [0.29, 0.717) is 12.2 Å². The number of hydrogen-bond donors (Lipinski definition) is 0. The highest BCUT2D eigenvalue weighted by molar-refractivity contribution is 5.99. The van der Waals surface area contributed by atoms with Crippen LogP contribution in [0.25, 0.3) is 0 Å². The molecule has 0 aromatic heterocycles. The molecule has 82 valence electrons. The maximum atomic E-state index is 11.6. The zero-order valence-corrected chi connectivity index (χ0v) is 9.23. The first-order valence-electron chi connectivity index (χ1n) is 5.07. The molecule has 0 bridgehead atoms. The van der Waals surface area contributed by atoms with Crippen LogP contribution in [0.5, 0.6) is 5.75 Å². The molecule has 0 saturated carbocycles. The van der Waals surface area contributed by atoms with E-state index in [1.165, 1.54) is 0 Å². The normalized spacial score (nSPS) is 18.7. The number of amides is 1. The molecule has 0 aliphatic carbocycles. The lowest BCUT2D eigenvalue weighted by molar-refractivity contribution is -0.125. The van der Waals surface area contributed by atoms with Gasteiger partial charge in [-0.3, -0.25) is 4.79 Å². The average Bonchev–Trinajstić information content (AvgIpc) is 2.26. The summed E-state index contributed by atoms with van der Waals surface area (Å²) in [5.74, 6) is 0.614. The Morgan fingerprint density at radius 3 is 3.00 bits per heavy atom. The van der Waals surface area contributed by atoms with Gasteiger partial charge in [0, 0.05) is 7.05 Å². The first kappa shape index (κ1) is 10.5. The molecule has 2 rings (SSSR count). The Morgan fingerprint density at radius 1 is 1.56 bits per heavy atom. The first-order chi connectivity index (χ1) is 7.63. The molecule has 1 amide bonds. The van der Waals surface area contributed by atoms with Gasteiger partial charge in [-0.2, -0.15) is 5.26 Å². The van der Waals surface area contributed by atoms with Gasteiger partial charge in [-0.1, -0.05) is 6.07 Å². The highest BCUT2D eigenvalue weighted by atomic mass is 16.5. The van der Waals surface area contributed by atoms with Crippen LogP contribution < -0.4 is 9.64 Å². The van der Waals surface area contributed by atoms with Crippen LogP contribution in [0.2, 0.25) is 0 Å². The van der Waals surface area contributed by atoms with E-state index in [9.17, 15) is 4.79 Å². The quantitative estimate of drug-likeness (QED) is 0.714. The molecule has 0 spiro atoms. The van der Waals surface area contributed by atoms with Gasteiger partial charge < -0.3 is 9.64 Å². The Labute approximate surface area is 94.0 Å². The molecule has 0 saturated heterocycles. The van der Waals surface area contributed by atoms with E-state index in [1.807, 2.05) is 18.2 Å². The summed E-state index contributed by atoms with van der Waals surface area (Å²) in [5.41, 5.74) is 1.65. The van der Waals surface area contributed by atoms with Crippen LogP contribution in [0.15, 0.2) is 18.2 Å². The van der Waals surface area contributed by atoms with Crippen molar-refractivity contribution in [3.05, 3.63) is 23.8 Å². The number of benzene rings is 1. The monoisotopic (exact) mass is 216 g/mol. The fraction of sp³-hybridized carbons (Fsp3) is 0.333. The van der Waals surface area contributed by atoms with E-state index < -0.39 is 6.10 Å². The van der Waals surface area contributed by atoms with Crippen LogP contribution in [0.4, 0.5) is 5.69 Å². The summed E-state index contributed by atoms with van der Waals surface area (Å²) >= 11 is 0. The number of carbonyl (C=O) groups excluding carboxylic acids is 1. The SMILES string of the molecule is CC1Oc2cc(CC#N)ccc2N(C)C1=O. The van der Waals surface area contributed by atoms with Crippen molar-refractivity contribution in [2.45, 2.75) is 19.4 Å². The number of hydrogen-bond acceptors (Lipinski definition) is 3. The summed E-state index contributed by atoms with van der Waals surface area (Å²) in [6.45, 7) is 1.72. The molecule has 1 atom stereocenters.